The SMILES string of the molecule is O=C(O)c1ccc(S(=O)(=O)NCc2cccnn2)nc1. The van der Waals surface area contributed by atoms with E-state index in [1.807, 2.05) is 0 Å². The average Bonchev–Trinajstić information content (AvgIpc) is 2.46. The lowest BCUT2D eigenvalue weighted by Crippen LogP contribution is -2.24. The van der Waals surface area contributed by atoms with Crippen LogP contribution < -0.4 is 4.72 Å². The highest BCUT2D eigenvalue weighted by atomic mass is 32.2. The standard InChI is InChI=1S/C11H10N4O4S/c16-11(17)8-3-4-10(12-6-8)20(18,19)14-7-9-2-1-5-13-15-9/h1-6,14H,7H2,(H,16,17). The van der Waals surface area contributed by atoms with E-state index in [2.05, 4.69) is 19.9 Å². The Hall–Kier alpha value is -2.39. The molecule has 2 N–H and O–H groups in total. The third-order valence-electron chi connectivity index (χ3n) is 2.33. The molecule has 0 spiro atoms. The van der Waals surface area contributed by atoms with Crippen LogP contribution >= 0.6 is 0 Å². The molecule has 0 saturated carbocycles. The zero-order valence-corrected chi connectivity index (χ0v) is 10.9. The van der Waals surface area contributed by atoms with Crippen molar-refractivity contribution in [3.8, 4) is 0 Å². The number of sulfonamides is 1. The zero-order valence-electron chi connectivity index (χ0n) is 10.1. The molecule has 0 aliphatic heterocycles. The van der Waals surface area contributed by atoms with Crippen LogP contribution in [-0.2, 0) is 16.6 Å². The molecule has 0 unspecified atom stereocenters. The summed E-state index contributed by atoms with van der Waals surface area (Å²) in [6, 6.07) is 5.56. The Kier molecular flexibility index (Phi) is 4.01. The van der Waals surface area contributed by atoms with Gasteiger partial charge in [0.05, 0.1) is 17.8 Å². The lowest BCUT2D eigenvalue weighted by Gasteiger charge is -2.05. The van der Waals surface area contributed by atoms with Crippen molar-refractivity contribution < 1.29 is 18.3 Å². The second-order valence-corrected chi connectivity index (χ2v) is 5.44. The number of carboxylic acids is 1. The van der Waals surface area contributed by atoms with Crippen LogP contribution in [0.3, 0.4) is 0 Å². The molecule has 20 heavy (non-hydrogen) atoms. The maximum Gasteiger partial charge on any atom is 0.337 e. The van der Waals surface area contributed by atoms with Crippen LogP contribution in [0.15, 0.2) is 41.7 Å². The van der Waals surface area contributed by atoms with Gasteiger partial charge in [0.2, 0.25) is 0 Å². The summed E-state index contributed by atoms with van der Waals surface area (Å²) >= 11 is 0. The summed E-state index contributed by atoms with van der Waals surface area (Å²) in [4.78, 5) is 14.3. The zero-order chi connectivity index (χ0) is 14.6. The predicted octanol–water partition coefficient (Wildman–Crippen LogP) is 0.0483. The van der Waals surface area contributed by atoms with Crippen LogP contribution in [0.4, 0.5) is 0 Å². The number of pyridine rings is 1. The first-order valence-corrected chi connectivity index (χ1v) is 6.93. The number of aromatic carboxylic acids is 1. The molecule has 0 aromatic carbocycles. The molecule has 0 atom stereocenters. The van der Waals surface area contributed by atoms with Crippen molar-refractivity contribution in [3.63, 3.8) is 0 Å². The lowest BCUT2D eigenvalue weighted by molar-refractivity contribution is 0.0696. The predicted molar refractivity (Wildman–Crippen MR) is 67.3 cm³/mol. The number of hydrogen-bond donors (Lipinski definition) is 2. The van der Waals surface area contributed by atoms with Gasteiger partial charge >= 0.3 is 5.97 Å². The molecule has 0 radical (unpaired) electrons. The van der Waals surface area contributed by atoms with Gasteiger partial charge < -0.3 is 5.11 Å². The number of rotatable bonds is 5. The molecular weight excluding hydrogens is 284 g/mol. The number of nitrogens with zero attached hydrogens (tertiary/aromatic N) is 3. The van der Waals surface area contributed by atoms with Crippen LogP contribution in [0, 0.1) is 0 Å². The number of aromatic nitrogens is 3. The Morgan fingerprint density at radius 1 is 1.30 bits per heavy atom. The Bertz CT molecular complexity index is 701. The van der Waals surface area contributed by atoms with Crippen molar-refractivity contribution in [1.82, 2.24) is 19.9 Å². The van der Waals surface area contributed by atoms with E-state index in [9.17, 15) is 13.2 Å². The topological polar surface area (TPSA) is 122 Å². The molecular formula is C11H10N4O4S. The average molecular weight is 294 g/mol. The van der Waals surface area contributed by atoms with Crippen LogP contribution in [0.1, 0.15) is 16.1 Å². The Morgan fingerprint density at radius 3 is 2.65 bits per heavy atom. The molecule has 8 nitrogen and oxygen atoms in total. The van der Waals surface area contributed by atoms with Gasteiger partial charge in [0.15, 0.2) is 5.03 Å². The minimum absolute atomic E-state index is 0.0292. The normalized spacial score (nSPS) is 11.2. The summed E-state index contributed by atoms with van der Waals surface area (Å²) in [7, 11) is -3.82. The highest BCUT2D eigenvalue weighted by Gasteiger charge is 2.16. The van der Waals surface area contributed by atoms with E-state index in [0.717, 1.165) is 12.3 Å². The quantitative estimate of drug-likeness (QED) is 0.798. The first kappa shape index (κ1) is 14.0. The van der Waals surface area contributed by atoms with Gasteiger partial charge in [0, 0.05) is 12.4 Å². The number of hydrogen-bond acceptors (Lipinski definition) is 6. The van der Waals surface area contributed by atoms with Gasteiger partial charge in [0.25, 0.3) is 10.0 Å². The molecule has 2 rings (SSSR count). The van der Waals surface area contributed by atoms with E-state index in [-0.39, 0.29) is 17.1 Å². The summed E-state index contributed by atoms with van der Waals surface area (Å²) in [5, 5.41) is 15.8. The van der Waals surface area contributed by atoms with Gasteiger partial charge in [-0.25, -0.2) is 22.9 Å². The van der Waals surface area contributed by atoms with E-state index in [1.54, 1.807) is 12.1 Å². The molecule has 0 aliphatic rings. The fraction of sp³-hybridized carbons (Fsp3) is 0.0909. The van der Waals surface area contributed by atoms with Crippen molar-refractivity contribution >= 4 is 16.0 Å². The summed E-state index contributed by atoms with van der Waals surface area (Å²) in [5.41, 5.74) is 0.371. The summed E-state index contributed by atoms with van der Waals surface area (Å²) in [5.74, 6) is -1.17. The van der Waals surface area contributed by atoms with Crippen molar-refractivity contribution in [2.75, 3.05) is 0 Å². The molecule has 104 valence electrons. The van der Waals surface area contributed by atoms with E-state index in [4.69, 9.17) is 5.11 Å². The highest BCUT2D eigenvalue weighted by Crippen LogP contribution is 2.07. The number of nitrogens with one attached hydrogen (secondary N) is 1. The van der Waals surface area contributed by atoms with E-state index in [0.29, 0.717) is 5.69 Å². The minimum Gasteiger partial charge on any atom is -0.478 e. The largest absolute Gasteiger partial charge is 0.478 e. The van der Waals surface area contributed by atoms with Gasteiger partial charge in [0.1, 0.15) is 0 Å². The lowest BCUT2D eigenvalue weighted by atomic mass is 10.3. The molecule has 2 aromatic rings. The molecule has 2 aromatic heterocycles. The summed E-state index contributed by atoms with van der Waals surface area (Å²) in [6.07, 6.45) is 2.46. The monoisotopic (exact) mass is 294 g/mol. The van der Waals surface area contributed by atoms with Gasteiger partial charge in [-0.05, 0) is 24.3 Å². The molecule has 0 amide bonds. The smallest absolute Gasteiger partial charge is 0.337 e. The minimum atomic E-state index is -3.82. The Morgan fingerprint density at radius 2 is 2.10 bits per heavy atom. The second kappa shape index (κ2) is 5.72. The van der Waals surface area contributed by atoms with Crippen molar-refractivity contribution in [3.05, 3.63) is 47.9 Å². The number of carbonyl (C=O) groups is 1. The van der Waals surface area contributed by atoms with E-state index < -0.39 is 16.0 Å². The van der Waals surface area contributed by atoms with Gasteiger partial charge in [-0.1, -0.05) is 0 Å². The summed E-state index contributed by atoms with van der Waals surface area (Å²) in [6.45, 7) is -0.0292. The Balaban J connectivity index is 2.12. The second-order valence-electron chi connectivity index (χ2n) is 3.73. The van der Waals surface area contributed by atoms with Gasteiger partial charge in [-0.2, -0.15) is 10.2 Å². The van der Waals surface area contributed by atoms with Crippen LogP contribution in [0.25, 0.3) is 0 Å². The van der Waals surface area contributed by atoms with Crippen molar-refractivity contribution in [1.29, 1.82) is 0 Å². The third kappa shape index (κ3) is 3.33. The fourth-order valence-corrected chi connectivity index (χ4v) is 2.26. The summed E-state index contributed by atoms with van der Waals surface area (Å²) < 4.78 is 26.1. The van der Waals surface area contributed by atoms with E-state index >= 15 is 0 Å². The van der Waals surface area contributed by atoms with Crippen LogP contribution in [0.5, 0.6) is 0 Å². The first-order chi connectivity index (χ1) is 9.49. The molecule has 9 heteroatoms. The van der Waals surface area contributed by atoms with Crippen LogP contribution in [-0.4, -0.2) is 34.7 Å². The maximum absolute atomic E-state index is 11.9. The van der Waals surface area contributed by atoms with Gasteiger partial charge in [-0.3, -0.25) is 0 Å². The van der Waals surface area contributed by atoms with Crippen molar-refractivity contribution in [2.24, 2.45) is 0 Å². The fourth-order valence-electron chi connectivity index (χ4n) is 1.34. The van der Waals surface area contributed by atoms with Gasteiger partial charge in [-0.15, -0.1) is 0 Å². The first-order valence-electron chi connectivity index (χ1n) is 5.44. The molecule has 2 heterocycles. The molecule has 0 bridgehead atoms. The maximum atomic E-state index is 11.9. The van der Waals surface area contributed by atoms with E-state index in [1.165, 1.54) is 12.3 Å². The molecule has 0 saturated heterocycles. The third-order valence-corrected chi connectivity index (χ3v) is 3.65. The van der Waals surface area contributed by atoms with Crippen molar-refractivity contribution in [2.45, 2.75) is 11.6 Å². The number of carboxylic acid groups (broad SMARTS) is 1. The molecule has 0 aliphatic carbocycles. The molecule has 0 fully saturated rings. The van der Waals surface area contributed by atoms with Crippen LogP contribution in [0.2, 0.25) is 0 Å². The Labute approximate surface area is 114 Å². The highest BCUT2D eigenvalue weighted by molar-refractivity contribution is 7.89.